The molecule has 0 aromatic carbocycles. The number of hydrogen-bond acceptors (Lipinski definition) is 6. The predicted octanol–water partition coefficient (Wildman–Crippen LogP) is -0.877. The minimum absolute atomic E-state index is 0. The maximum absolute atomic E-state index is 11.5. The normalized spacial score (nSPS) is 12.5. The summed E-state index contributed by atoms with van der Waals surface area (Å²) in [5.74, 6) is -3.77. The van der Waals surface area contributed by atoms with Crippen LogP contribution in [0.4, 0.5) is 0 Å². The van der Waals surface area contributed by atoms with Crippen LogP contribution in [0.2, 0.25) is 0 Å². The van der Waals surface area contributed by atoms with E-state index in [1.807, 2.05) is 0 Å². The van der Waals surface area contributed by atoms with Crippen LogP contribution in [0.25, 0.3) is 0 Å². The van der Waals surface area contributed by atoms with E-state index in [9.17, 15) is 19.2 Å². The van der Waals surface area contributed by atoms with Crippen LogP contribution < -0.4 is 11.1 Å². The fraction of sp³-hybridized carbons (Fsp3) is 0.636. The molecule has 9 nitrogen and oxygen atoms in total. The Labute approximate surface area is 127 Å². The van der Waals surface area contributed by atoms with Gasteiger partial charge in [-0.3, -0.25) is 14.4 Å². The lowest BCUT2D eigenvalue weighted by atomic mass is 10.1. The maximum atomic E-state index is 11.5. The third-order valence-corrected chi connectivity index (χ3v) is 2.47. The molecule has 10 heteroatoms. The molecule has 0 spiro atoms. The number of hydrogen-bond donors (Lipinski definition) is 4. The van der Waals surface area contributed by atoms with Gasteiger partial charge in [0.15, 0.2) is 0 Å². The molecule has 0 aliphatic heterocycles. The first-order chi connectivity index (χ1) is 9.27. The zero-order valence-corrected chi connectivity index (χ0v) is 12.2. The van der Waals surface area contributed by atoms with Gasteiger partial charge in [-0.1, -0.05) is 0 Å². The van der Waals surface area contributed by atoms with Gasteiger partial charge in [0, 0.05) is 12.8 Å². The Morgan fingerprint density at radius 2 is 1.71 bits per heavy atom. The van der Waals surface area contributed by atoms with Gasteiger partial charge in [-0.25, -0.2) is 4.79 Å². The number of carboxylic acids is 2. The average molecular weight is 327 g/mol. The van der Waals surface area contributed by atoms with E-state index in [0.717, 1.165) is 7.11 Å². The van der Waals surface area contributed by atoms with Crippen molar-refractivity contribution in [3.8, 4) is 0 Å². The van der Waals surface area contributed by atoms with Crippen LogP contribution in [-0.2, 0) is 23.9 Å². The van der Waals surface area contributed by atoms with Gasteiger partial charge in [0.2, 0.25) is 5.91 Å². The summed E-state index contributed by atoms with van der Waals surface area (Å²) in [6.45, 7) is 0. The number of carbonyl (C=O) groups excluding carboxylic acids is 2. The second-order valence-electron chi connectivity index (χ2n) is 4.06. The molecule has 2 atom stereocenters. The van der Waals surface area contributed by atoms with E-state index in [2.05, 4.69) is 10.1 Å². The van der Waals surface area contributed by atoms with Crippen molar-refractivity contribution in [2.24, 2.45) is 5.73 Å². The summed E-state index contributed by atoms with van der Waals surface area (Å²) in [6, 6.07) is -2.25. The molecule has 0 aliphatic carbocycles. The second kappa shape index (κ2) is 10.9. The molecule has 0 fully saturated rings. The van der Waals surface area contributed by atoms with E-state index >= 15 is 0 Å². The maximum Gasteiger partial charge on any atom is 0.326 e. The first kappa shape index (κ1) is 21.4. The van der Waals surface area contributed by atoms with E-state index in [1.54, 1.807) is 0 Å². The van der Waals surface area contributed by atoms with Gasteiger partial charge >= 0.3 is 17.9 Å². The van der Waals surface area contributed by atoms with E-state index in [1.165, 1.54) is 0 Å². The van der Waals surface area contributed by atoms with Crippen LogP contribution in [0.3, 0.4) is 0 Å². The van der Waals surface area contributed by atoms with Gasteiger partial charge in [0.05, 0.1) is 7.11 Å². The van der Waals surface area contributed by atoms with Crippen LogP contribution >= 0.6 is 12.4 Å². The third-order valence-electron chi connectivity index (χ3n) is 2.47. The summed E-state index contributed by atoms with van der Waals surface area (Å²) >= 11 is 0. The van der Waals surface area contributed by atoms with Crippen molar-refractivity contribution in [3.63, 3.8) is 0 Å². The van der Waals surface area contributed by atoms with Crippen molar-refractivity contribution in [1.82, 2.24) is 5.32 Å². The van der Waals surface area contributed by atoms with Crippen molar-refractivity contribution in [2.75, 3.05) is 7.11 Å². The van der Waals surface area contributed by atoms with Crippen LogP contribution in [-0.4, -0.2) is 53.2 Å². The monoisotopic (exact) mass is 326 g/mol. The molecular weight excluding hydrogens is 308 g/mol. The van der Waals surface area contributed by atoms with Crippen LogP contribution in [0, 0.1) is 0 Å². The minimum atomic E-state index is -1.32. The Balaban J connectivity index is 0. The molecule has 0 saturated carbocycles. The molecule has 0 heterocycles. The van der Waals surface area contributed by atoms with Gasteiger partial charge in [-0.15, -0.1) is 12.4 Å². The topological polar surface area (TPSA) is 156 Å². The van der Waals surface area contributed by atoms with Crippen molar-refractivity contribution in [1.29, 1.82) is 0 Å². The summed E-state index contributed by atoms with van der Waals surface area (Å²) in [5.41, 5.74) is 5.42. The molecule has 0 unspecified atom stereocenters. The molecule has 0 saturated heterocycles. The van der Waals surface area contributed by atoms with Gasteiger partial charge in [-0.2, -0.15) is 0 Å². The lowest BCUT2D eigenvalue weighted by Gasteiger charge is -2.14. The Kier molecular flexibility index (Phi) is 11.1. The highest BCUT2D eigenvalue weighted by Gasteiger charge is 2.22. The number of ether oxygens (including phenoxy) is 1. The van der Waals surface area contributed by atoms with Gasteiger partial charge < -0.3 is 26.0 Å². The molecule has 0 aliphatic rings. The standard InChI is InChI=1S/C11H18N2O7.ClH/c1-20-11(19)6(12)2-4-8(14)13-7(10(17)18)3-5-9(15)16;/h6-7H,2-5,12H2,1H3,(H,13,14)(H,15,16)(H,17,18);1H/t6-,7-;/m0./s1. The van der Waals surface area contributed by atoms with Crippen molar-refractivity contribution in [2.45, 2.75) is 37.8 Å². The first-order valence-electron chi connectivity index (χ1n) is 5.85. The molecular formula is C11H19ClN2O7. The molecule has 0 radical (unpaired) electrons. The largest absolute Gasteiger partial charge is 0.481 e. The fourth-order valence-electron chi connectivity index (χ4n) is 1.35. The van der Waals surface area contributed by atoms with Crippen molar-refractivity contribution >= 4 is 36.2 Å². The predicted molar refractivity (Wildman–Crippen MR) is 72.9 cm³/mol. The number of carboxylic acid groups (broad SMARTS) is 2. The van der Waals surface area contributed by atoms with Gasteiger partial charge in [0.1, 0.15) is 12.1 Å². The van der Waals surface area contributed by atoms with Gasteiger partial charge in [-0.05, 0) is 12.8 Å². The van der Waals surface area contributed by atoms with Crippen LogP contribution in [0.15, 0.2) is 0 Å². The lowest BCUT2D eigenvalue weighted by molar-refractivity contribution is -0.144. The lowest BCUT2D eigenvalue weighted by Crippen LogP contribution is -2.42. The Hall–Kier alpha value is -1.87. The Morgan fingerprint density at radius 3 is 2.14 bits per heavy atom. The number of aliphatic carboxylic acids is 2. The van der Waals surface area contributed by atoms with Crippen molar-refractivity contribution in [3.05, 3.63) is 0 Å². The zero-order valence-electron chi connectivity index (χ0n) is 11.4. The zero-order chi connectivity index (χ0) is 15.7. The summed E-state index contributed by atoms with van der Waals surface area (Å²) in [4.78, 5) is 43.7. The first-order valence-corrected chi connectivity index (χ1v) is 5.85. The number of carbonyl (C=O) groups is 4. The molecule has 21 heavy (non-hydrogen) atoms. The molecule has 0 bridgehead atoms. The molecule has 5 N–H and O–H groups in total. The molecule has 0 rings (SSSR count). The van der Waals surface area contributed by atoms with Crippen molar-refractivity contribution < 1.29 is 34.1 Å². The molecule has 0 aromatic rings. The number of amides is 1. The summed E-state index contributed by atoms with van der Waals surface area (Å²) in [6.07, 6.45) is -0.755. The average Bonchev–Trinajstić information content (AvgIpc) is 2.39. The minimum Gasteiger partial charge on any atom is -0.481 e. The Bertz CT molecular complexity index is 389. The van der Waals surface area contributed by atoms with E-state index in [0.29, 0.717) is 0 Å². The molecule has 0 aromatic heterocycles. The molecule has 1 amide bonds. The number of halogens is 1. The van der Waals surface area contributed by atoms with Crippen LogP contribution in [0.5, 0.6) is 0 Å². The van der Waals surface area contributed by atoms with E-state index in [-0.39, 0.29) is 38.1 Å². The fourth-order valence-corrected chi connectivity index (χ4v) is 1.35. The van der Waals surface area contributed by atoms with Gasteiger partial charge in [0.25, 0.3) is 0 Å². The van der Waals surface area contributed by atoms with Crippen LogP contribution in [0.1, 0.15) is 25.7 Å². The number of nitrogens with two attached hydrogens (primary N) is 1. The summed E-state index contributed by atoms with van der Waals surface area (Å²) < 4.78 is 4.37. The highest BCUT2D eigenvalue weighted by molar-refractivity contribution is 5.85. The molecule has 122 valence electrons. The summed E-state index contributed by atoms with van der Waals surface area (Å²) in [7, 11) is 1.16. The smallest absolute Gasteiger partial charge is 0.326 e. The Morgan fingerprint density at radius 1 is 1.14 bits per heavy atom. The summed E-state index contributed by atoms with van der Waals surface area (Å²) in [5, 5.41) is 19.5. The number of methoxy groups -OCH3 is 1. The van der Waals surface area contributed by atoms with E-state index in [4.69, 9.17) is 15.9 Å². The van der Waals surface area contributed by atoms with E-state index < -0.39 is 35.9 Å². The SMILES string of the molecule is COC(=O)[C@@H](N)CCC(=O)N[C@@H](CCC(=O)O)C(=O)O.Cl. The number of nitrogens with one attached hydrogen (secondary N) is 1. The highest BCUT2D eigenvalue weighted by Crippen LogP contribution is 2.01. The number of rotatable bonds is 9. The number of esters is 1. The third kappa shape index (κ3) is 9.63. The highest BCUT2D eigenvalue weighted by atomic mass is 35.5. The quantitative estimate of drug-likeness (QED) is 0.398. The second-order valence-corrected chi connectivity index (χ2v) is 4.06.